The first-order valence-corrected chi connectivity index (χ1v) is 13.7. The minimum Gasteiger partial charge on any atom is -0.457 e. The number of rotatable bonds is 10. The van der Waals surface area contributed by atoms with E-state index in [2.05, 4.69) is 97.5 Å². The minimum atomic E-state index is -0.134. The van der Waals surface area contributed by atoms with Crippen LogP contribution in [0.25, 0.3) is 10.9 Å². The first kappa shape index (κ1) is 26.3. The summed E-state index contributed by atoms with van der Waals surface area (Å²) >= 11 is 0. The average Bonchev–Trinajstić information content (AvgIpc) is 3.31. The zero-order chi connectivity index (χ0) is 27.2. The summed E-state index contributed by atoms with van der Waals surface area (Å²) < 4.78 is 8.47. The molecule has 0 radical (unpaired) electrons. The second-order valence-corrected chi connectivity index (χ2v) is 10.6. The van der Waals surface area contributed by atoms with Crippen molar-refractivity contribution in [1.29, 1.82) is 0 Å². The number of nitrogens with one attached hydrogen (secondary N) is 1. The molecule has 5 aromatic rings. The molecule has 4 heteroatoms. The van der Waals surface area contributed by atoms with Gasteiger partial charge in [0.25, 0.3) is 0 Å². The molecule has 0 aliphatic rings. The third-order valence-electron chi connectivity index (χ3n) is 7.41. The Morgan fingerprint density at radius 3 is 2.21 bits per heavy atom. The van der Waals surface area contributed by atoms with Crippen molar-refractivity contribution in [3.8, 4) is 11.5 Å². The Morgan fingerprint density at radius 1 is 0.795 bits per heavy atom. The smallest absolute Gasteiger partial charge is 0.221 e. The highest BCUT2D eigenvalue weighted by Crippen LogP contribution is 2.37. The average molecular weight is 517 g/mol. The number of ether oxygens (including phenoxy) is 1. The van der Waals surface area contributed by atoms with Gasteiger partial charge < -0.3 is 14.6 Å². The van der Waals surface area contributed by atoms with Crippen molar-refractivity contribution in [2.75, 3.05) is 0 Å². The van der Waals surface area contributed by atoms with Crippen molar-refractivity contribution in [2.24, 2.45) is 5.92 Å². The van der Waals surface area contributed by atoms with Gasteiger partial charge in [-0.1, -0.05) is 92.7 Å². The molecule has 4 nitrogen and oxygen atoms in total. The molecule has 0 spiro atoms. The molecule has 0 unspecified atom stereocenters. The fourth-order valence-corrected chi connectivity index (χ4v) is 4.96. The highest BCUT2D eigenvalue weighted by molar-refractivity contribution is 5.87. The standard InChI is InChI=1S/C35H36N2O2/c1-25(2)26(3)36-35(38)22-32(28-15-12-18-30(21-28)39-29-16-8-5-9-17-29)33-24-37(23-27-13-6-4-7-14-27)34-20-11-10-19-31(33)34/h4-21,24-26,32H,22-23H2,1-3H3,(H,36,38)/t26-,32+/m1/s1. The SMILES string of the molecule is CC(C)[C@@H](C)NC(=O)C[C@@H](c1cccc(Oc2ccccc2)c1)c1cn(Cc2ccccc2)c2ccccc12. The molecule has 39 heavy (non-hydrogen) atoms. The lowest BCUT2D eigenvalue weighted by atomic mass is 9.87. The van der Waals surface area contributed by atoms with Crippen molar-refractivity contribution in [1.82, 2.24) is 9.88 Å². The normalized spacial score (nSPS) is 12.8. The summed E-state index contributed by atoms with van der Waals surface area (Å²) in [4.78, 5) is 13.4. The summed E-state index contributed by atoms with van der Waals surface area (Å²) in [7, 11) is 0. The van der Waals surface area contributed by atoms with E-state index in [1.54, 1.807) is 0 Å². The lowest BCUT2D eigenvalue weighted by Gasteiger charge is -2.22. The monoisotopic (exact) mass is 516 g/mol. The van der Waals surface area contributed by atoms with E-state index < -0.39 is 0 Å². The molecular formula is C35H36N2O2. The predicted molar refractivity (Wildman–Crippen MR) is 159 cm³/mol. The van der Waals surface area contributed by atoms with E-state index in [0.717, 1.165) is 40.1 Å². The lowest BCUT2D eigenvalue weighted by molar-refractivity contribution is -0.122. The van der Waals surface area contributed by atoms with Gasteiger partial charge in [0.15, 0.2) is 0 Å². The maximum Gasteiger partial charge on any atom is 0.221 e. The quantitative estimate of drug-likeness (QED) is 0.203. The van der Waals surface area contributed by atoms with E-state index in [9.17, 15) is 4.79 Å². The molecule has 0 saturated carbocycles. The maximum absolute atomic E-state index is 13.4. The predicted octanol–water partition coefficient (Wildman–Crippen LogP) is 8.16. The number of nitrogens with zero attached hydrogens (tertiary/aromatic N) is 1. The van der Waals surface area contributed by atoms with Gasteiger partial charge in [-0.25, -0.2) is 0 Å². The highest BCUT2D eigenvalue weighted by Gasteiger charge is 2.24. The van der Waals surface area contributed by atoms with Crippen molar-refractivity contribution in [2.45, 2.75) is 45.7 Å². The van der Waals surface area contributed by atoms with Crippen LogP contribution in [0.3, 0.4) is 0 Å². The molecule has 0 aliphatic heterocycles. The Kier molecular flexibility index (Phi) is 8.12. The van der Waals surface area contributed by atoms with Gasteiger partial charge in [-0.2, -0.15) is 0 Å². The summed E-state index contributed by atoms with van der Waals surface area (Å²) in [6.45, 7) is 7.09. The van der Waals surface area contributed by atoms with Crippen LogP contribution in [0.5, 0.6) is 11.5 Å². The molecule has 0 bridgehead atoms. The summed E-state index contributed by atoms with van der Waals surface area (Å²) in [6.07, 6.45) is 2.58. The molecule has 1 heterocycles. The number of carbonyl (C=O) groups excluding carboxylic acids is 1. The Bertz CT molecular complexity index is 1520. The van der Waals surface area contributed by atoms with Crippen molar-refractivity contribution in [3.63, 3.8) is 0 Å². The van der Waals surface area contributed by atoms with Gasteiger partial charge in [0.1, 0.15) is 11.5 Å². The minimum absolute atomic E-state index is 0.0514. The van der Waals surface area contributed by atoms with Gasteiger partial charge in [-0.3, -0.25) is 4.79 Å². The second kappa shape index (κ2) is 12.0. The van der Waals surface area contributed by atoms with Crippen LogP contribution in [0.15, 0.2) is 115 Å². The zero-order valence-corrected chi connectivity index (χ0v) is 22.9. The number of aromatic nitrogens is 1. The first-order valence-electron chi connectivity index (χ1n) is 13.7. The molecule has 4 aromatic carbocycles. The summed E-state index contributed by atoms with van der Waals surface area (Å²) in [5.74, 6) is 1.82. The van der Waals surface area contributed by atoms with Gasteiger partial charge in [0.05, 0.1) is 0 Å². The number of benzene rings is 4. The third kappa shape index (κ3) is 6.40. The van der Waals surface area contributed by atoms with Crippen LogP contribution in [-0.4, -0.2) is 16.5 Å². The van der Waals surface area contributed by atoms with Crippen LogP contribution in [-0.2, 0) is 11.3 Å². The van der Waals surface area contributed by atoms with E-state index in [1.165, 1.54) is 5.56 Å². The van der Waals surface area contributed by atoms with Crippen molar-refractivity contribution >= 4 is 16.8 Å². The van der Waals surface area contributed by atoms with Crippen LogP contribution in [0, 0.1) is 5.92 Å². The molecule has 1 amide bonds. The Morgan fingerprint density at radius 2 is 1.46 bits per heavy atom. The number of hydrogen-bond donors (Lipinski definition) is 1. The molecule has 5 rings (SSSR count). The van der Waals surface area contributed by atoms with Gasteiger partial charge >= 0.3 is 0 Å². The molecular weight excluding hydrogens is 480 g/mol. The molecule has 1 aromatic heterocycles. The number of hydrogen-bond acceptors (Lipinski definition) is 2. The molecule has 0 fully saturated rings. The summed E-state index contributed by atoms with van der Waals surface area (Å²) in [5.41, 5.74) is 4.60. The van der Waals surface area contributed by atoms with E-state index >= 15 is 0 Å². The second-order valence-electron chi connectivity index (χ2n) is 10.6. The molecule has 1 N–H and O–H groups in total. The molecule has 198 valence electrons. The van der Waals surface area contributed by atoms with E-state index in [0.29, 0.717) is 12.3 Å². The lowest BCUT2D eigenvalue weighted by Crippen LogP contribution is -2.36. The van der Waals surface area contributed by atoms with Gasteiger partial charge in [-0.15, -0.1) is 0 Å². The van der Waals surface area contributed by atoms with E-state index in [1.807, 2.05) is 48.5 Å². The van der Waals surface area contributed by atoms with Crippen molar-refractivity contribution in [3.05, 3.63) is 132 Å². The molecule has 0 saturated heterocycles. The van der Waals surface area contributed by atoms with Crippen LogP contribution in [0.2, 0.25) is 0 Å². The van der Waals surface area contributed by atoms with Gasteiger partial charge in [-0.05, 0) is 59.9 Å². The van der Waals surface area contributed by atoms with Crippen LogP contribution in [0.4, 0.5) is 0 Å². The highest BCUT2D eigenvalue weighted by atomic mass is 16.5. The number of amides is 1. The topological polar surface area (TPSA) is 43.3 Å². The Hall–Kier alpha value is -4.31. The van der Waals surface area contributed by atoms with E-state index in [4.69, 9.17) is 4.74 Å². The van der Waals surface area contributed by atoms with Crippen LogP contribution < -0.4 is 10.1 Å². The van der Waals surface area contributed by atoms with Crippen LogP contribution in [0.1, 0.15) is 49.8 Å². The molecule has 2 atom stereocenters. The first-order chi connectivity index (χ1) is 19.0. The Labute approximate surface area is 231 Å². The zero-order valence-electron chi connectivity index (χ0n) is 22.9. The Balaban J connectivity index is 1.55. The maximum atomic E-state index is 13.4. The van der Waals surface area contributed by atoms with E-state index in [-0.39, 0.29) is 17.9 Å². The summed E-state index contributed by atoms with van der Waals surface area (Å²) in [6, 6.07) is 37.0. The molecule has 0 aliphatic carbocycles. The van der Waals surface area contributed by atoms with Gasteiger partial charge in [0.2, 0.25) is 5.91 Å². The van der Waals surface area contributed by atoms with Crippen LogP contribution >= 0.6 is 0 Å². The number of fused-ring (bicyclic) bond motifs is 1. The number of para-hydroxylation sites is 2. The third-order valence-corrected chi connectivity index (χ3v) is 7.41. The largest absolute Gasteiger partial charge is 0.457 e. The van der Waals surface area contributed by atoms with Gasteiger partial charge in [0, 0.05) is 42.0 Å². The fraction of sp³-hybridized carbons (Fsp3) is 0.229. The summed E-state index contributed by atoms with van der Waals surface area (Å²) in [5, 5.41) is 4.39. The van der Waals surface area contributed by atoms with Crippen molar-refractivity contribution < 1.29 is 9.53 Å². The number of carbonyl (C=O) groups is 1. The fourth-order valence-electron chi connectivity index (χ4n) is 4.96.